The number of nitrogens with one attached hydrogen (secondary N) is 1. The molecule has 5 rings (SSSR count). The van der Waals surface area contributed by atoms with Crippen LogP contribution in [0.25, 0.3) is 22.4 Å². The van der Waals surface area contributed by atoms with E-state index in [4.69, 9.17) is 4.74 Å². The highest BCUT2D eigenvalue weighted by atomic mass is 16.5. The molecule has 7 nitrogen and oxygen atoms in total. The highest BCUT2D eigenvalue weighted by Crippen LogP contribution is 2.24. The molecule has 1 aromatic heterocycles. The first-order valence-corrected chi connectivity index (χ1v) is 13.0. The van der Waals surface area contributed by atoms with E-state index in [2.05, 4.69) is 15.0 Å². The van der Waals surface area contributed by atoms with E-state index in [1.807, 2.05) is 97.9 Å². The zero-order chi connectivity index (χ0) is 28.1. The van der Waals surface area contributed by atoms with Crippen LogP contribution in [0.1, 0.15) is 31.8 Å². The average molecular weight is 531 g/mol. The lowest BCUT2D eigenvalue weighted by Gasteiger charge is -2.11. The molecule has 0 saturated heterocycles. The average Bonchev–Trinajstić information content (AvgIpc) is 3.41. The lowest BCUT2D eigenvalue weighted by atomic mass is 10.0. The molecule has 0 fully saturated rings. The molecule has 40 heavy (non-hydrogen) atoms. The first-order valence-electron chi connectivity index (χ1n) is 13.0. The minimum atomic E-state index is -0.0890. The van der Waals surface area contributed by atoms with Gasteiger partial charge in [-0.15, -0.1) is 0 Å². The van der Waals surface area contributed by atoms with E-state index in [0.29, 0.717) is 11.1 Å². The molecule has 4 aromatic carbocycles. The number of Topliss-reactive ketones (excluding diaryl/α,β-unsaturated/α-hetero) is 2. The van der Waals surface area contributed by atoms with Crippen molar-refractivity contribution >= 4 is 34.5 Å². The number of ether oxygens (including phenoxy) is 1. The van der Waals surface area contributed by atoms with Crippen molar-refractivity contribution in [2.75, 3.05) is 32.6 Å². The number of imidazole rings is 1. The number of aromatic nitrogens is 2. The van der Waals surface area contributed by atoms with Gasteiger partial charge in [0.15, 0.2) is 11.6 Å². The second-order valence-corrected chi connectivity index (χ2v) is 9.73. The van der Waals surface area contributed by atoms with Crippen LogP contribution in [-0.4, -0.2) is 55.5 Å². The molecule has 0 radical (unpaired) electrons. The molecule has 7 heteroatoms. The van der Waals surface area contributed by atoms with Gasteiger partial charge in [-0.05, 0) is 65.7 Å². The number of anilines is 1. The molecular formula is C33H30N4O3. The summed E-state index contributed by atoms with van der Waals surface area (Å²) in [6, 6.07) is 28.3. The smallest absolute Gasteiger partial charge is 0.184 e. The molecule has 0 aliphatic carbocycles. The van der Waals surface area contributed by atoms with E-state index in [9.17, 15) is 9.59 Å². The number of carbonyl (C=O) groups excluding carboxylic acids is 2. The van der Waals surface area contributed by atoms with E-state index in [1.54, 1.807) is 25.5 Å². The van der Waals surface area contributed by atoms with Gasteiger partial charge in [-0.3, -0.25) is 14.6 Å². The van der Waals surface area contributed by atoms with Crippen LogP contribution in [0.4, 0.5) is 5.69 Å². The van der Waals surface area contributed by atoms with Crippen LogP contribution in [0, 0.1) is 0 Å². The number of ketones is 2. The fourth-order valence-corrected chi connectivity index (χ4v) is 4.38. The van der Waals surface area contributed by atoms with Crippen LogP contribution in [0.5, 0.6) is 5.75 Å². The van der Waals surface area contributed by atoms with Crippen molar-refractivity contribution in [1.82, 2.24) is 9.97 Å². The van der Waals surface area contributed by atoms with Gasteiger partial charge in [0.1, 0.15) is 18.1 Å². The predicted molar refractivity (Wildman–Crippen MR) is 160 cm³/mol. The molecule has 0 amide bonds. The molecule has 1 heterocycles. The number of nitrogens with zero attached hydrogens (tertiary/aromatic N) is 3. The number of H-pyrrole nitrogens is 1. The lowest BCUT2D eigenvalue weighted by Crippen LogP contribution is -2.07. The normalized spacial score (nSPS) is 11.2. The number of methoxy groups -OCH3 is 1. The van der Waals surface area contributed by atoms with Crippen LogP contribution in [0.2, 0.25) is 0 Å². The van der Waals surface area contributed by atoms with Gasteiger partial charge in [0.2, 0.25) is 0 Å². The summed E-state index contributed by atoms with van der Waals surface area (Å²) < 4.78 is 5.21. The number of fused-ring (bicyclic) bond motifs is 1. The van der Waals surface area contributed by atoms with Gasteiger partial charge < -0.3 is 14.6 Å². The molecule has 0 aliphatic rings. The molecule has 0 aliphatic heterocycles. The van der Waals surface area contributed by atoms with Crippen molar-refractivity contribution in [1.29, 1.82) is 0 Å². The van der Waals surface area contributed by atoms with Gasteiger partial charge in [-0.2, -0.15) is 0 Å². The van der Waals surface area contributed by atoms with Gasteiger partial charge in [0.25, 0.3) is 0 Å². The summed E-state index contributed by atoms with van der Waals surface area (Å²) in [5.74, 6) is 1.41. The monoisotopic (exact) mass is 530 g/mol. The molecule has 0 unspecified atom stereocenters. The largest absolute Gasteiger partial charge is 0.497 e. The standard InChI is InChI=1S/C33H30N4O3/c1-37(2)27-14-11-25(12-15-27)33-35-29-16-13-26(19-30(29)36-33)31(38)18-22-7-9-24(10-8-22)32(39)21-34-20-23-5-4-6-28(17-23)40-3/h4-17,19-20H,18,21H2,1-3H3,(H,35,36). The van der Waals surface area contributed by atoms with E-state index in [-0.39, 0.29) is 24.5 Å². The minimum absolute atomic E-state index is 0.00430. The number of hydrogen-bond acceptors (Lipinski definition) is 6. The van der Waals surface area contributed by atoms with Crippen molar-refractivity contribution in [3.05, 3.63) is 113 Å². The maximum atomic E-state index is 13.0. The first kappa shape index (κ1) is 26.6. The molecule has 0 spiro atoms. The van der Waals surface area contributed by atoms with E-state index >= 15 is 0 Å². The summed E-state index contributed by atoms with van der Waals surface area (Å²) in [4.78, 5) is 40.0. The minimum Gasteiger partial charge on any atom is -0.497 e. The Bertz CT molecular complexity index is 1680. The Morgan fingerprint density at radius 3 is 2.38 bits per heavy atom. The van der Waals surface area contributed by atoms with Crippen molar-refractivity contribution in [2.24, 2.45) is 4.99 Å². The van der Waals surface area contributed by atoms with Crippen molar-refractivity contribution in [2.45, 2.75) is 6.42 Å². The van der Waals surface area contributed by atoms with Gasteiger partial charge in [0.05, 0.1) is 18.1 Å². The van der Waals surface area contributed by atoms with E-state index in [1.165, 1.54) is 0 Å². The van der Waals surface area contributed by atoms with Crippen LogP contribution in [-0.2, 0) is 6.42 Å². The summed E-state index contributed by atoms with van der Waals surface area (Å²) in [5, 5.41) is 0. The first-order chi connectivity index (χ1) is 19.4. The highest BCUT2D eigenvalue weighted by molar-refractivity contribution is 6.01. The van der Waals surface area contributed by atoms with E-state index < -0.39 is 0 Å². The quantitative estimate of drug-likeness (QED) is 0.176. The van der Waals surface area contributed by atoms with Gasteiger partial charge in [0, 0.05) is 49.1 Å². The lowest BCUT2D eigenvalue weighted by molar-refractivity contribution is 0.0990. The zero-order valence-electron chi connectivity index (χ0n) is 22.7. The molecule has 5 aromatic rings. The van der Waals surface area contributed by atoms with Crippen LogP contribution < -0.4 is 9.64 Å². The number of carbonyl (C=O) groups is 2. The number of aromatic amines is 1. The SMILES string of the molecule is COc1cccc(C=NCC(=O)c2ccc(CC(=O)c3ccc4nc(-c5ccc(N(C)C)cc5)[nH]c4c3)cc2)c1. The molecule has 200 valence electrons. The summed E-state index contributed by atoms with van der Waals surface area (Å²) in [6.45, 7) is 0.0431. The second kappa shape index (κ2) is 11.8. The zero-order valence-corrected chi connectivity index (χ0v) is 22.7. The molecule has 0 atom stereocenters. The van der Waals surface area contributed by atoms with Gasteiger partial charge in [-0.25, -0.2) is 4.98 Å². The molecule has 0 saturated carbocycles. The van der Waals surface area contributed by atoms with Crippen LogP contribution >= 0.6 is 0 Å². The number of rotatable bonds is 10. The number of hydrogen-bond donors (Lipinski definition) is 1. The Balaban J connectivity index is 1.21. The van der Waals surface area contributed by atoms with Crippen LogP contribution in [0.15, 0.2) is 96.0 Å². The van der Waals surface area contributed by atoms with Gasteiger partial charge >= 0.3 is 0 Å². The molecular weight excluding hydrogens is 500 g/mol. The van der Waals surface area contributed by atoms with Crippen molar-refractivity contribution in [3.63, 3.8) is 0 Å². The predicted octanol–water partition coefficient (Wildman–Crippen LogP) is 6.03. The third kappa shape index (κ3) is 6.15. The van der Waals surface area contributed by atoms with E-state index in [0.717, 1.165) is 45.0 Å². The summed E-state index contributed by atoms with van der Waals surface area (Å²) in [5.41, 5.74) is 6.59. The summed E-state index contributed by atoms with van der Waals surface area (Å²) >= 11 is 0. The molecule has 0 bridgehead atoms. The fourth-order valence-electron chi connectivity index (χ4n) is 4.38. The Labute approximate surface area is 233 Å². The topological polar surface area (TPSA) is 87.7 Å². The third-order valence-corrected chi connectivity index (χ3v) is 6.67. The highest BCUT2D eigenvalue weighted by Gasteiger charge is 2.12. The third-order valence-electron chi connectivity index (χ3n) is 6.67. The number of benzene rings is 4. The summed E-state index contributed by atoms with van der Waals surface area (Å²) in [6.07, 6.45) is 1.90. The fraction of sp³-hybridized carbons (Fsp3) is 0.152. The number of aliphatic imine (C=N–C) groups is 1. The second-order valence-electron chi connectivity index (χ2n) is 9.73. The Morgan fingerprint density at radius 1 is 0.900 bits per heavy atom. The Kier molecular flexibility index (Phi) is 7.82. The van der Waals surface area contributed by atoms with Crippen molar-refractivity contribution < 1.29 is 14.3 Å². The maximum Gasteiger partial charge on any atom is 0.184 e. The van der Waals surface area contributed by atoms with Crippen molar-refractivity contribution in [3.8, 4) is 17.1 Å². The Morgan fingerprint density at radius 2 is 1.65 bits per heavy atom. The van der Waals surface area contributed by atoms with Gasteiger partial charge in [-0.1, -0.05) is 36.4 Å². The molecule has 1 N–H and O–H groups in total. The summed E-state index contributed by atoms with van der Waals surface area (Å²) in [7, 11) is 5.62. The maximum absolute atomic E-state index is 13.0. The Hall–Kier alpha value is -5.04. The van der Waals surface area contributed by atoms with Crippen LogP contribution in [0.3, 0.4) is 0 Å².